The van der Waals surface area contributed by atoms with Gasteiger partial charge in [0, 0.05) is 36.9 Å². The van der Waals surface area contributed by atoms with E-state index in [9.17, 15) is 9.59 Å². The number of pyridine rings is 1. The van der Waals surface area contributed by atoms with Gasteiger partial charge in [-0.05, 0) is 83.2 Å². The maximum atomic E-state index is 13.1. The molecular formula is C23H33N5O2. The van der Waals surface area contributed by atoms with Gasteiger partial charge in [0.1, 0.15) is 5.56 Å². The maximum Gasteiger partial charge on any atom is 0.263 e. The van der Waals surface area contributed by atoms with Crippen LogP contribution in [0.2, 0.25) is 0 Å². The molecule has 1 aliphatic carbocycles. The molecule has 1 atom stereocenters. The van der Waals surface area contributed by atoms with Crippen LogP contribution in [-0.2, 0) is 13.1 Å². The van der Waals surface area contributed by atoms with Gasteiger partial charge in [0.25, 0.3) is 11.5 Å². The standard InChI is InChI=1S/C23H33N5O2/c1-16-6-10-27(13-19-5-4-9-24-12-19)22(30)20(16)21(29)25-14-23(7-8-23)15-28-18(3)11-17(2)26-28/h6,10-11,19,24H,4-5,7-9,12-15H2,1-3H3,(H,25,29). The molecule has 3 heterocycles. The van der Waals surface area contributed by atoms with Crippen molar-refractivity contribution in [3.63, 3.8) is 0 Å². The molecule has 0 bridgehead atoms. The van der Waals surface area contributed by atoms with Crippen LogP contribution >= 0.6 is 0 Å². The predicted molar refractivity (Wildman–Crippen MR) is 117 cm³/mol. The summed E-state index contributed by atoms with van der Waals surface area (Å²) in [5.41, 5.74) is 3.04. The first kappa shape index (κ1) is 20.8. The lowest BCUT2D eigenvalue weighted by atomic mass is 9.99. The lowest BCUT2D eigenvalue weighted by molar-refractivity contribution is 0.0939. The Hall–Kier alpha value is -2.41. The second kappa shape index (κ2) is 8.38. The minimum atomic E-state index is -0.256. The van der Waals surface area contributed by atoms with Crippen LogP contribution in [0.15, 0.2) is 23.1 Å². The summed E-state index contributed by atoms with van der Waals surface area (Å²) in [6.45, 7) is 9.91. The van der Waals surface area contributed by atoms with Gasteiger partial charge in [0.05, 0.1) is 5.69 Å². The molecule has 162 valence electrons. The van der Waals surface area contributed by atoms with E-state index in [1.165, 1.54) is 0 Å². The number of carbonyl (C=O) groups is 1. The molecule has 2 N–H and O–H groups in total. The second-order valence-electron chi connectivity index (χ2n) is 9.31. The highest BCUT2D eigenvalue weighted by atomic mass is 16.2. The number of nitrogens with zero attached hydrogens (tertiary/aromatic N) is 3. The van der Waals surface area contributed by atoms with Gasteiger partial charge in [-0.15, -0.1) is 0 Å². The van der Waals surface area contributed by atoms with E-state index in [1.807, 2.05) is 30.8 Å². The molecule has 0 radical (unpaired) electrons. The lowest BCUT2D eigenvalue weighted by Crippen LogP contribution is -2.39. The van der Waals surface area contributed by atoms with Crippen molar-refractivity contribution in [3.8, 4) is 0 Å². The summed E-state index contributed by atoms with van der Waals surface area (Å²) in [5, 5.41) is 11.0. The molecule has 1 saturated heterocycles. The van der Waals surface area contributed by atoms with Crippen molar-refractivity contribution in [3.05, 3.63) is 51.2 Å². The average molecular weight is 412 g/mol. The van der Waals surface area contributed by atoms with E-state index in [4.69, 9.17) is 0 Å². The Morgan fingerprint density at radius 2 is 2.13 bits per heavy atom. The normalized spacial score (nSPS) is 20.2. The van der Waals surface area contributed by atoms with E-state index in [0.29, 0.717) is 19.0 Å². The van der Waals surface area contributed by atoms with Crippen molar-refractivity contribution < 1.29 is 4.79 Å². The fraction of sp³-hybridized carbons (Fsp3) is 0.609. The minimum Gasteiger partial charge on any atom is -0.351 e. The second-order valence-corrected chi connectivity index (χ2v) is 9.31. The summed E-state index contributed by atoms with van der Waals surface area (Å²) < 4.78 is 3.75. The number of hydrogen-bond acceptors (Lipinski definition) is 4. The number of amides is 1. The fourth-order valence-electron chi connectivity index (χ4n) is 4.52. The number of aryl methyl sites for hydroxylation is 3. The largest absolute Gasteiger partial charge is 0.351 e. The third kappa shape index (κ3) is 4.51. The summed E-state index contributed by atoms with van der Waals surface area (Å²) in [4.78, 5) is 26.0. The molecule has 0 aromatic carbocycles. The number of hydrogen-bond donors (Lipinski definition) is 2. The van der Waals surface area contributed by atoms with Gasteiger partial charge in [0.15, 0.2) is 0 Å². The third-order valence-electron chi connectivity index (χ3n) is 6.62. The fourth-order valence-corrected chi connectivity index (χ4v) is 4.52. The van der Waals surface area contributed by atoms with E-state index in [2.05, 4.69) is 28.7 Å². The summed E-state index contributed by atoms with van der Waals surface area (Å²) in [6, 6.07) is 3.96. The zero-order valence-corrected chi connectivity index (χ0v) is 18.3. The molecule has 1 saturated carbocycles. The van der Waals surface area contributed by atoms with Crippen molar-refractivity contribution >= 4 is 5.91 Å². The Labute approximate surface area is 177 Å². The summed E-state index contributed by atoms with van der Waals surface area (Å²) in [5.74, 6) is 0.179. The summed E-state index contributed by atoms with van der Waals surface area (Å²) in [6.07, 6.45) is 6.21. The zero-order chi connectivity index (χ0) is 21.3. The monoisotopic (exact) mass is 411 g/mol. The van der Waals surface area contributed by atoms with Crippen LogP contribution in [0.1, 0.15) is 53.0 Å². The van der Waals surface area contributed by atoms with Crippen LogP contribution < -0.4 is 16.2 Å². The number of carbonyl (C=O) groups excluding carboxylic acids is 1. The van der Waals surface area contributed by atoms with Gasteiger partial charge in [-0.2, -0.15) is 5.10 Å². The van der Waals surface area contributed by atoms with Crippen molar-refractivity contribution in [2.24, 2.45) is 11.3 Å². The van der Waals surface area contributed by atoms with Crippen LogP contribution in [0, 0.1) is 32.1 Å². The molecule has 1 amide bonds. The van der Waals surface area contributed by atoms with Gasteiger partial charge >= 0.3 is 0 Å². The number of nitrogens with one attached hydrogen (secondary N) is 2. The molecule has 2 fully saturated rings. The van der Waals surface area contributed by atoms with Crippen LogP contribution in [0.25, 0.3) is 0 Å². The smallest absolute Gasteiger partial charge is 0.263 e. The highest BCUT2D eigenvalue weighted by Gasteiger charge is 2.43. The van der Waals surface area contributed by atoms with Gasteiger partial charge < -0.3 is 15.2 Å². The van der Waals surface area contributed by atoms with Crippen LogP contribution in [-0.4, -0.2) is 39.9 Å². The Bertz CT molecular complexity index is 980. The zero-order valence-electron chi connectivity index (χ0n) is 18.3. The van der Waals surface area contributed by atoms with Crippen molar-refractivity contribution in [2.45, 2.75) is 59.5 Å². The van der Waals surface area contributed by atoms with Crippen molar-refractivity contribution in [2.75, 3.05) is 19.6 Å². The first-order valence-electron chi connectivity index (χ1n) is 11.1. The van der Waals surface area contributed by atoms with Gasteiger partial charge in [-0.3, -0.25) is 14.3 Å². The molecule has 7 heteroatoms. The number of rotatable bonds is 7. The van der Waals surface area contributed by atoms with Gasteiger partial charge in [-0.1, -0.05) is 0 Å². The molecule has 2 aliphatic rings. The Morgan fingerprint density at radius 3 is 2.77 bits per heavy atom. The Kier molecular flexibility index (Phi) is 5.82. The molecule has 2 aromatic rings. The van der Waals surface area contributed by atoms with E-state index in [0.717, 1.165) is 62.3 Å². The molecule has 2 aromatic heterocycles. The molecule has 30 heavy (non-hydrogen) atoms. The van der Waals surface area contributed by atoms with E-state index in [-0.39, 0.29) is 22.4 Å². The van der Waals surface area contributed by atoms with Gasteiger partial charge in [-0.25, -0.2) is 0 Å². The SMILES string of the molecule is Cc1cc(C)n(CC2(CNC(=O)c3c(C)ccn(CC4CCCNC4)c3=O)CC2)n1. The maximum absolute atomic E-state index is 13.1. The molecule has 7 nitrogen and oxygen atoms in total. The molecule has 0 spiro atoms. The van der Waals surface area contributed by atoms with Crippen molar-refractivity contribution in [1.29, 1.82) is 0 Å². The molecule has 1 aliphatic heterocycles. The van der Waals surface area contributed by atoms with Crippen molar-refractivity contribution in [1.82, 2.24) is 25.0 Å². The highest BCUT2D eigenvalue weighted by Crippen LogP contribution is 2.46. The summed E-state index contributed by atoms with van der Waals surface area (Å²) in [7, 11) is 0. The molecule has 4 rings (SSSR count). The Morgan fingerprint density at radius 1 is 1.33 bits per heavy atom. The minimum absolute atomic E-state index is 0.0500. The van der Waals surface area contributed by atoms with Gasteiger partial charge in [0.2, 0.25) is 0 Å². The summed E-state index contributed by atoms with van der Waals surface area (Å²) >= 11 is 0. The van der Waals surface area contributed by atoms with E-state index < -0.39 is 0 Å². The number of piperidine rings is 1. The van der Waals surface area contributed by atoms with E-state index >= 15 is 0 Å². The van der Waals surface area contributed by atoms with E-state index in [1.54, 1.807) is 4.57 Å². The van der Waals surface area contributed by atoms with Crippen LogP contribution in [0.5, 0.6) is 0 Å². The molecule has 1 unspecified atom stereocenters. The number of aromatic nitrogens is 3. The average Bonchev–Trinajstić information content (AvgIpc) is 3.41. The van der Waals surface area contributed by atoms with Crippen LogP contribution in [0.4, 0.5) is 0 Å². The molecular weight excluding hydrogens is 378 g/mol. The highest BCUT2D eigenvalue weighted by molar-refractivity contribution is 5.95. The quantitative estimate of drug-likeness (QED) is 0.732. The lowest BCUT2D eigenvalue weighted by Gasteiger charge is -2.24. The first-order valence-corrected chi connectivity index (χ1v) is 11.1. The predicted octanol–water partition coefficient (Wildman–Crippen LogP) is 2.18. The third-order valence-corrected chi connectivity index (χ3v) is 6.62. The topological polar surface area (TPSA) is 81.0 Å². The Balaban J connectivity index is 1.43. The first-order chi connectivity index (χ1) is 14.4. The van der Waals surface area contributed by atoms with Crippen LogP contribution in [0.3, 0.4) is 0 Å².